The van der Waals surface area contributed by atoms with Crippen LogP contribution < -0.4 is 4.90 Å². The second-order valence-electron chi connectivity index (χ2n) is 20.0. The molecule has 11 aromatic carbocycles. The van der Waals surface area contributed by atoms with Crippen LogP contribution in [0.25, 0.3) is 72.0 Å². The van der Waals surface area contributed by atoms with Crippen molar-refractivity contribution >= 4 is 38.9 Å². The minimum absolute atomic E-state index is 0.0301. The Morgan fingerprint density at radius 3 is 1.38 bits per heavy atom. The lowest BCUT2D eigenvalue weighted by molar-refractivity contribution is 0.660. The number of nitrogens with zero attached hydrogens (tertiary/aromatic N) is 2. The lowest BCUT2D eigenvalue weighted by Crippen LogP contribution is -2.28. The van der Waals surface area contributed by atoms with Crippen LogP contribution in [-0.4, -0.2) is 4.57 Å². The predicted molar refractivity (Wildman–Crippen MR) is 301 cm³/mol. The zero-order valence-corrected chi connectivity index (χ0v) is 40.3. The van der Waals surface area contributed by atoms with Crippen LogP contribution in [0.2, 0.25) is 0 Å². The zero-order valence-electron chi connectivity index (χ0n) is 40.3. The molecule has 0 saturated carbocycles. The van der Waals surface area contributed by atoms with Gasteiger partial charge >= 0.3 is 0 Å². The first kappa shape index (κ1) is 41.9. The molecule has 1 heterocycles. The van der Waals surface area contributed by atoms with E-state index in [9.17, 15) is 0 Å². The molecule has 0 spiro atoms. The fourth-order valence-electron chi connectivity index (χ4n) is 12.5. The number of aromatic nitrogens is 1. The summed E-state index contributed by atoms with van der Waals surface area (Å²) < 4.78 is 2.44. The maximum absolute atomic E-state index is 2.50. The fraction of sp³-hybridized carbons (Fsp3) is 0.0571. The Balaban J connectivity index is 0.964. The number of fused-ring (bicyclic) bond motifs is 9. The predicted octanol–water partition coefficient (Wildman–Crippen LogP) is 18.3. The minimum atomic E-state index is -0.520. The van der Waals surface area contributed by atoms with Gasteiger partial charge in [0.25, 0.3) is 0 Å². The third-order valence-electron chi connectivity index (χ3n) is 15.9. The van der Waals surface area contributed by atoms with Crippen LogP contribution in [0.5, 0.6) is 0 Å². The van der Waals surface area contributed by atoms with Gasteiger partial charge in [-0.1, -0.05) is 208 Å². The highest BCUT2D eigenvalue weighted by Crippen LogP contribution is 2.57. The van der Waals surface area contributed by atoms with E-state index in [0.717, 1.165) is 28.3 Å². The molecule has 2 heteroatoms. The molecule has 0 saturated heterocycles. The van der Waals surface area contributed by atoms with Gasteiger partial charge < -0.3 is 9.47 Å². The van der Waals surface area contributed by atoms with Gasteiger partial charge in [0.1, 0.15) is 0 Å². The summed E-state index contributed by atoms with van der Waals surface area (Å²) in [5.74, 6) is 0. The number of hydrogen-bond donors (Lipinski definition) is 0. The molecule has 0 atom stereocenters. The normalized spacial score (nSPS) is 13.6. The third kappa shape index (κ3) is 6.28. The smallest absolute Gasteiger partial charge is 0.0713 e. The molecule has 72 heavy (non-hydrogen) atoms. The molecule has 340 valence electrons. The molecule has 0 bridgehead atoms. The van der Waals surface area contributed by atoms with Crippen molar-refractivity contribution in [3.8, 4) is 50.2 Å². The first-order valence-corrected chi connectivity index (χ1v) is 25.2. The standard InChI is InChI=1S/C70H50N2/c1-69(2)63-27-15-12-26-59(63)60-44-50(34-41-64(60)69)49-32-38-55(39-33-49)71(54-36-30-48(31-37-54)47-18-6-3-7-19-47)56-40-43-68-62(46-56)61-45-52(35-42-67(61)72(68)53-22-10-5-11-23-53)70(51-20-8-4-9-21-51)65-28-16-13-24-57(65)58-25-14-17-29-66(58)70/h3-46H,1-2H3. The Kier molecular flexibility index (Phi) is 9.50. The SMILES string of the molecule is CC1(C)c2ccccc2-c2cc(-c3ccc(N(c4ccc(-c5ccccc5)cc4)c4ccc5c(c4)c4cc(C6(c7ccccc7)c7ccccc7-c7ccccc76)ccc4n5-c4ccccc4)cc3)ccc21. The third-order valence-corrected chi connectivity index (χ3v) is 15.9. The van der Waals surface area contributed by atoms with Gasteiger partial charge in [-0.3, -0.25) is 0 Å². The van der Waals surface area contributed by atoms with E-state index in [4.69, 9.17) is 0 Å². The number of para-hydroxylation sites is 1. The molecule has 2 nitrogen and oxygen atoms in total. The molecule has 0 radical (unpaired) electrons. The Bertz CT molecular complexity index is 3990. The highest BCUT2D eigenvalue weighted by atomic mass is 15.1. The van der Waals surface area contributed by atoms with E-state index >= 15 is 0 Å². The Hall–Kier alpha value is -8.98. The topological polar surface area (TPSA) is 8.17 Å². The summed E-state index contributed by atoms with van der Waals surface area (Å²) in [6, 6.07) is 99.1. The van der Waals surface area contributed by atoms with Crippen molar-refractivity contribution < 1.29 is 0 Å². The van der Waals surface area contributed by atoms with Crippen molar-refractivity contribution in [1.82, 2.24) is 4.57 Å². The lowest BCUT2D eigenvalue weighted by atomic mass is 9.67. The maximum Gasteiger partial charge on any atom is 0.0713 e. The van der Waals surface area contributed by atoms with Crippen molar-refractivity contribution in [3.63, 3.8) is 0 Å². The van der Waals surface area contributed by atoms with E-state index in [2.05, 4.69) is 290 Å². The molecule has 14 rings (SSSR count). The van der Waals surface area contributed by atoms with Crippen molar-refractivity contribution in [2.75, 3.05) is 4.90 Å². The summed E-state index contributed by atoms with van der Waals surface area (Å²) in [6.45, 7) is 4.69. The number of hydrogen-bond acceptors (Lipinski definition) is 1. The highest BCUT2D eigenvalue weighted by Gasteiger charge is 2.46. The molecule has 2 aliphatic rings. The average molecular weight is 919 g/mol. The summed E-state index contributed by atoms with van der Waals surface area (Å²) >= 11 is 0. The molecule has 12 aromatic rings. The van der Waals surface area contributed by atoms with Gasteiger partial charge in [-0.2, -0.15) is 0 Å². The van der Waals surface area contributed by atoms with Crippen molar-refractivity contribution in [2.24, 2.45) is 0 Å². The summed E-state index contributed by atoms with van der Waals surface area (Å²) in [6.07, 6.45) is 0. The monoisotopic (exact) mass is 918 g/mol. The maximum atomic E-state index is 2.50. The van der Waals surface area contributed by atoms with Crippen molar-refractivity contribution in [1.29, 1.82) is 0 Å². The van der Waals surface area contributed by atoms with Gasteiger partial charge in [-0.15, -0.1) is 0 Å². The first-order chi connectivity index (χ1) is 35.5. The van der Waals surface area contributed by atoms with Gasteiger partial charge in [0.2, 0.25) is 0 Å². The summed E-state index contributed by atoms with van der Waals surface area (Å²) in [5, 5.41) is 2.40. The van der Waals surface area contributed by atoms with Crippen LogP contribution in [0, 0.1) is 0 Å². The number of benzene rings is 11. The van der Waals surface area contributed by atoms with Crippen molar-refractivity contribution in [3.05, 3.63) is 300 Å². The van der Waals surface area contributed by atoms with Crippen LogP contribution in [-0.2, 0) is 10.8 Å². The van der Waals surface area contributed by atoms with E-state index in [1.165, 1.54) is 94.2 Å². The van der Waals surface area contributed by atoms with Crippen molar-refractivity contribution in [2.45, 2.75) is 24.7 Å². The Morgan fingerprint density at radius 2 is 0.750 bits per heavy atom. The minimum Gasteiger partial charge on any atom is -0.310 e. The number of rotatable bonds is 8. The summed E-state index contributed by atoms with van der Waals surface area (Å²) in [7, 11) is 0. The van der Waals surface area contributed by atoms with Gasteiger partial charge in [0.15, 0.2) is 0 Å². The molecule has 0 amide bonds. The molecular weight excluding hydrogens is 869 g/mol. The quantitative estimate of drug-likeness (QED) is 0.147. The van der Waals surface area contributed by atoms with Gasteiger partial charge in [0.05, 0.1) is 16.4 Å². The van der Waals surface area contributed by atoms with E-state index in [0.29, 0.717) is 0 Å². The van der Waals surface area contributed by atoms with Gasteiger partial charge in [-0.05, 0) is 151 Å². The molecular formula is C70H50N2. The van der Waals surface area contributed by atoms with Crippen LogP contribution >= 0.6 is 0 Å². The fourth-order valence-corrected chi connectivity index (χ4v) is 12.5. The molecule has 0 unspecified atom stereocenters. The molecule has 0 N–H and O–H groups in total. The largest absolute Gasteiger partial charge is 0.310 e. The van der Waals surface area contributed by atoms with E-state index in [-0.39, 0.29) is 5.41 Å². The van der Waals surface area contributed by atoms with E-state index < -0.39 is 5.41 Å². The summed E-state index contributed by atoms with van der Waals surface area (Å²) in [5.41, 5.74) is 24.2. The number of anilines is 3. The molecule has 2 aliphatic carbocycles. The van der Waals surface area contributed by atoms with Crippen LogP contribution in [0.15, 0.2) is 267 Å². The second kappa shape index (κ2) is 16.3. The van der Waals surface area contributed by atoms with E-state index in [1.807, 2.05) is 0 Å². The molecule has 1 aromatic heterocycles. The molecule has 0 fully saturated rings. The highest BCUT2D eigenvalue weighted by molar-refractivity contribution is 6.11. The van der Waals surface area contributed by atoms with Crippen LogP contribution in [0.1, 0.15) is 47.2 Å². The zero-order chi connectivity index (χ0) is 48.0. The van der Waals surface area contributed by atoms with E-state index in [1.54, 1.807) is 0 Å². The van der Waals surface area contributed by atoms with Crippen LogP contribution in [0.4, 0.5) is 17.1 Å². The average Bonchev–Trinajstić information content (AvgIpc) is 4.02. The molecule has 0 aliphatic heterocycles. The summed E-state index contributed by atoms with van der Waals surface area (Å²) in [4.78, 5) is 2.42. The Morgan fingerprint density at radius 1 is 0.306 bits per heavy atom. The first-order valence-electron chi connectivity index (χ1n) is 25.2. The van der Waals surface area contributed by atoms with Crippen LogP contribution in [0.3, 0.4) is 0 Å². The second-order valence-corrected chi connectivity index (χ2v) is 20.0. The van der Waals surface area contributed by atoms with Gasteiger partial charge in [0, 0.05) is 38.9 Å². The Labute approximate surface area is 421 Å². The van der Waals surface area contributed by atoms with Gasteiger partial charge in [-0.25, -0.2) is 0 Å². The lowest BCUT2D eigenvalue weighted by Gasteiger charge is -2.34.